The van der Waals surface area contributed by atoms with E-state index >= 15 is 0 Å². The van der Waals surface area contributed by atoms with Gasteiger partial charge >= 0.3 is 15.2 Å². The summed E-state index contributed by atoms with van der Waals surface area (Å²) in [5.41, 5.74) is 0. The lowest BCUT2D eigenvalue weighted by atomic mass is 10.3. The second-order valence-electron chi connectivity index (χ2n) is 8.05. The van der Waals surface area contributed by atoms with E-state index in [0.717, 1.165) is 0 Å². The smallest absolute Gasteiger partial charge is 0.331 e. The maximum absolute atomic E-state index is 13.1. The lowest BCUT2D eigenvalue weighted by Crippen LogP contribution is -2.40. The van der Waals surface area contributed by atoms with Crippen molar-refractivity contribution in [1.29, 1.82) is 0 Å². The highest BCUT2D eigenvalue weighted by Crippen LogP contribution is 2.49. The number of hydrogen-bond acceptors (Lipinski definition) is 12. The van der Waals surface area contributed by atoms with Crippen molar-refractivity contribution in [1.82, 2.24) is 4.90 Å². The first-order chi connectivity index (χ1) is 17.9. The molecular formula is C23H49NO11P2. The summed E-state index contributed by atoms with van der Waals surface area (Å²) in [5, 5.41) is 0. The zero-order chi connectivity index (χ0) is 27.2. The Balaban J connectivity index is 2.89. The quantitative estimate of drug-likeness (QED) is 0.250. The fourth-order valence-corrected chi connectivity index (χ4v) is 6.83. The third-order valence-electron chi connectivity index (χ3n) is 5.15. The van der Waals surface area contributed by atoms with Crippen LogP contribution >= 0.6 is 15.2 Å². The predicted molar refractivity (Wildman–Crippen MR) is 141 cm³/mol. The summed E-state index contributed by atoms with van der Waals surface area (Å²) >= 11 is 0. The molecule has 1 rings (SSSR count). The molecule has 222 valence electrons. The lowest BCUT2D eigenvalue weighted by Gasteiger charge is -2.30. The minimum atomic E-state index is -3.26. The largest absolute Gasteiger partial charge is 0.377 e. The molecule has 1 aliphatic heterocycles. The Bertz CT molecular complexity index is 574. The molecule has 0 saturated carbocycles. The molecule has 1 atom stereocenters. The van der Waals surface area contributed by atoms with Crippen LogP contribution in [0.15, 0.2) is 0 Å². The molecule has 0 N–H and O–H groups in total. The highest BCUT2D eigenvalue weighted by atomic mass is 31.2. The van der Waals surface area contributed by atoms with Crippen LogP contribution in [0.2, 0.25) is 0 Å². The number of rotatable bonds is 16. The lowest BCUT2D eigenvalue weighted by molar-refractivity contribution is -0.0561. The Morgan fingerprint density at radius 3 is 1.41 bits per heavy atom. The van der Waals surface area contributed by atoms with Crippen LogP contribution in [0.4, 0.5) is 0 Å². The standard InChI is InChI=1S/C23H49NO11P2/c1-5-32-36(25,33-6-2)19-9-24(10-20-37(26,34-7-3)35-8-4)21-23-22-30-16-15-28-12-11-27-13-14-29-17-18-31-23/h23H,5-22H2,1-4H3. The highest BCUT2D eigenvalue weighted by Gasteiger charge is 2.29. The van der Waals surface area contributed by atoms with E-state index in [-0.39, 0.29) is 44.9 Å². The number of ether oxygens (including phenoxy) is 5. The molecule has 14 heteroatoms. The second-order valence-corrected chi connectivity index (χ2v) is 12.4. The topological polar surface area (TPSA) is 120 Å². The van der Waals surface area contributed by atoms with E-state index < -0.39 is 15.2 Å². The van der Waals surface area contributed by atoms with Gasteiger partial charge in [0.25, 0.3) is 0 Å². The van der Waals surface area contributed by atoms with Gasteiger partial charge in [-0.25, -0.2) is 0 Å². The first-order valence-corrected chi connectivity index (χ1v) is 16.8. The maximum atomic E-state index is 13.1. The molecule has 0 aromatic heterocycles. The molecule has 1 saturated heterocycles. The summed E-state index contributed by atoms with van der Waals surface area (Å²) in [7, 11) is -6.52. The molecule has 1 aliphatic rings. The maximum Gasteiger partial charge on any atom is 0.331 e. The Kier molecular flexibility index (Phi) is 20.7. The van der Waals surface area contributed by atoms with Crippen LogP contribution in [-0.2, 0) is 50.9 Å². The fourth-order valence-electron chi connectivity index (χ4n) is 3.53. The van der Waals surface area contributed by atoms with Gasteiger partial charge in [0, 0.05) is 19.6 Å². The van der Waals surface area contributed by atoms with Gasteiger partial charge < -0.3 is 41.8 Å². The van der Waals surface area contributed by atoms with Crippen molar-refractivity contribution in [3.05, 3.63) is 0 Å². The van der Waals surface area contributed by atoms with Crippen molar-refractivity contribution in [2.75, 3.05) is 118 Å². The minimum Gasteiger partial charge on any atom is -0.377 e. The van der Waals surface area contributed by atoms with Gasteiger partial charge in [-0.2, -0.15) is 0 Å². The van der Waals surface area contributed by atoms with E-state index in [4.69, 9.17) is 41.8 Å². The minimum absolute atomic E-state index is 0.187. The van der Waals surface area contributed by atoms with Gasteiger partial charge in [0.1, 0.15) is 0 Å². The first-order valence-electron chi connectivity index (χ1n) is 13.3. The Morgan fingerprint density at radius 1 is 0.622 bits per heavy atom. The van der Waals surface area contributed by atoms with Crippen LogP contribution in [-0.4, -0.2) is 129 Å². The molecule has 0 aromatic rings. The second kappa shape index (κ2) is 21.8. The Morgan fingerprint density at radius 2 is 1.00 bits per heavy atom. The summed E-state index contributed by atoms with van der Waals surface area (Å²) in [6.45, 7) is 13.5. The fraction of sp³-hybridized carbons (Fsp3) is 1.00. The molecular weight excluding hydrogens is 528 g/mol. The first kappa shape index (κ1) is 35.1. The molecule has 12 nitrogen and oxygen atoms in total. The van der Waals surface area contributed by atoms with Crippen LogP contribution in [0.5, 0.6) is 0 Å². The van der Waals surface area contributed by atoms with Gasteiger partial charge in [-0.05, 0) is 27.7 Å². The van der Waals surface area contributed by atoms with Crippen molar-refractivity contribution in [2.24, 2.45) is 0 Å². The zero-order valence-electron chi connectivity index (χ0n) is 23.1. The number of nitrogens with zero attached hydrogens (tertiary/aromatic N) is 1. The SMILES string of the molecule is CCOP(=O)(CCN(CCP(=O)(OCC)OCC)CC1COCCOCCOCCOCCO1)OCC. The monoisotopic (exact) mass is 577 g/mol. The van der Waals surface area contributed by atoms with Crippen LogP contribution in [0, 0.1) is 0 Å². The van der Waals surface area contributed by atoms with Gasteiger partial charge in [0.05, 0.1) is 104 Å². The van der Waals surface area contributed by atoms with E-state index in [1.54, 1.807) is 27.7 Å². The zero-order valence-corrected chi connectivity index (χ0v) is 24.9. The molecule has 1 fully saturated rings. The molecule has 0 aromatic carbocycles. The molecule has 1 unspecified atom stereocenters. The van der Waals surface area contributed by atoms with Crippen molar-refractivity contribution in [3.8, 4) is 0 Å². The van der Waals surface area contributed by atoms with Gasteiger partial charge in [-0.1, -0.05) is 0 Å². The average molecular weight is 578 g/mol. The van der Waals surface area contributed by atoms with Crippen LogP contribution in [0.1, 0.15) is 27.7 Å². The summed E-state index contributed by atoms with van der Waals surface area (Å²) in [5.74, 6) is 0. The van der Waals surface area contributed by atoms with Gasteiger partial charge in [-0.3, -0.25) is 14.0 Å². The Labute approximate surface area is 222 Å². The van der Waals surface area contributed by atoms with Crippen LogP contribution in [0.3, 0.4) is 0 Å². The molecule has 0 bridgehead atoms. The van der Waals surface area contributed by atoms with Gasteiger partial charge in [-0.15, -0.1) is 0 Å². The van der Waals surface area contributed by atoms with Crippen molar-refractivity contribution < 1.29 is 50.9 Å². The van der Waals surface area contributed by atoms with Crippen molar-refractivity contribution in [3.63, 3.8) is 0 Å². The average Bonchev–Trinajstić information content (AvgIpc) is 2.86. The molecule has 0 radical (unpaired) electrons. The van der Waals surface area contributed by atoms with E-state index in [1.807, 2.05) is 4.90 Å². The van der Waals surface area contributed by atoms with Crippen LogP contribution in [0.25, 0.3) is 0 Å². The summed E-state index contributed by atoms with van der Waals surface area (Å²) in [6, 6.07) is 0. The predicted octanol–water partition coefficient (Wildman–Crippen LogP) is 3.29. The normalized spacial score (nSPS) is 20.0. The van der Waals surface area contributed by atoms with Crippen molar-refractivity contribution >= 4 is 15.2 Å². The van der Waals surface area contributed by atoms with Gasteiger partial charge in [0.15, 0.2) is 0 Å². The summed E-state index contributed by atoms with van der Waals surface area (Å²) in [4.78, 5) is 2.02. The molecule has 0 spiro atoms. The van der Waals surface area contributed by atoms with Crippen molar-refractivity contribution in [2.45, 2.75) is 33.8 Å². The third kappa shape index (κ3) is 17.4. The molecule has 37 heavy (non-hydrogen) atoms. The van der Waals surface area contributed by atoms with Gasteiger partial charge in [0.2, 0.25) is 0 Å². The molecule has 0 aliphatic carbocycles. The van der Waals surface area contributed by atoms with E-state index in [1.165, 1.54) is 0 Å². The third-order valence-corrected chi connectivity index (χ3v) is 9.25. The van der Waals surface area contributed by atoms with E-state index in [2.05, 4.69) is 0 Å². The molecule has 1 heterocycles. The summed E-state index contributed by atoms with van der Waals surface area (Å²) < 4.78 is 76.4. The Hall–Kier alpha value is 0.0600. The van der Waals surface area contributed by atoms with Crippen LogP contribution < -0.4 is 0 Å². The van der Waals surface area contributed by atoms with E-state index in [9.17, 15) is 9.13 Å². The summed E-state index contributed by atoms with van der Waals surface area (Å²) in [6.07, 6.45) is 0.0710. The highest BCUT2D eigenvalue weighted by molar-refractivity contribution is 7.54. The number of hydrogen-bond donors (Lipinski definition) is 0. The molecule has 0 amide bonds. The van der Waals surface area contributed by atoms with E-state index in [0.29, 0.717) is 79.1 Å².